The lowest BCUT2D eigenvalue weighted by molar-refractivity contribution is -0.126. The van der Waals surface area contributed by atoms with Gasteiger partial charge in [0.1, 0.15) is 17.3 Å². The number of fused-ring (bicyclic) bond motifs is 1. The Hall–Kier alpha value is -3.55. The van der Waals surface area contributed by atoms with Crippen LogP contribution in [0.2, 0.25) is 0 Å². The third kappa shape index (κ3) is 5.16. The van der Waals surface area contributed by atoms with Crippen LogP contribution in [-0.2, 0) is 11.3 Å². The molecule has 0 radical (unpaired) electrons. The predicted octanol–water partition coefficient (Wildman–Crippen LogP) is 4.00. The van der Waals surface area contributed by atoms with E-state index in [2.05, 4.69) is 10.6 Å². The van der Waals surface area contributed by atoms with E-state index in [-0.39, 0.29) is 17.9 Å². The standard InChI is InChI=1S/C26H33N5O3/c1-31(2)24-19-8-5-6-9-21(19)29-26(30-24)28-18-14-12-17(13-15-18)25(32)27-16-20-22(33-3)10-7-11-23(20)34-4/h5-11,17-18H,12-16H2,1-4H3,(H,27,32)(H,28,29,30)/t17-,18+. The van der Waals surface area contributed by atoms with Crippen LogP contribution in [0.5, 0.6) is 11.5 Å². The molecular formula is C26H33N5O3. The number of nitrogens with zero attached hydrogens (tertiary/aromatic N) is 3. The highest BCUT2D eigenvalue weighted by Gasteiger charge is 2.27. The van der Waals surface area contributed by atoms with Crippen molar-refractivity contribution in [3.63, 3.8) is 0 Å². The summed E-state index contributed by atoms with van der Waals surface area (Å²) in [5.41, 5.74) is 1.77. The number of nitrogens with one attached hydrogen (secondary N) is 2. The van der Waals surface area contributed by atoms with E-state index in [0.29, 0.717) is 24.0 Å². The number of anilines is 2. The molecule has 1 fully saturated rings. The van der Waals surface area contributed by atoms with Crippen molar-refractivity contribution < 1.29 is 14.3 Å². The molecule has 8 heteroatoms. The maximum Gasteiger partial charge on any atom is 0.225 e. The highest BCUT2D eigenvalue weighted by atomic mass is 16.5. The number of carbonyl (C=O) groups is 1. The van der Waals surface area contributed by atoms with Crippen LogP contribution in [0.15, 0.2) is 42.5 Å². The minimum Gasteiger partial charge on any atom is -0.496 e. The lowest BCUT2D eigenvalue weighted by Gasteiger charge is -2.29. The summed E-state index contributed by atoms with van der Waals surface area (Å²) in [5, 5.41) is 7.61. The number of aromatic nitrogens is 2. The molecule has 34 heavy (non-hydrogen) atoms. The van der Waals surface area contributed by atoms with Gasteiger partial charge in [0.05, 0.1) is 31.8 Å². The molecule has 0 unspecified atom stereocenters. The lowest BCUT2D eigenvalue weighted by atomic mass is 9.85. The van der Waals surface area contributed by atoms with E-state index in [1.54, 1.807) is 14.2 Å². The molecule has 1 amide bonds. The van der Waals surface area contributed by atoms with Crippen LogP contribution in [0, 0.1) is 5.92 Å². The monoisotopic (exact) mass is 463 g/mol. The van der Waals surface area contributed by atoms with Gasteiger partial charge in [0.25, 0.3) is 0 Å². The van der Waals surface area contributed by atoms with Gasteiger partial charge in [-0.1, -0.05) is 18.2 Å². The van der Waals surface area contributed by atoms with Gasteiger partial charge in [-0.05, 0) is 49.9 Å². The molecule has 4 rings (SSSR count). The van der Waals surface area contributed by atoms with Gasteiger partial charge in [0.2, 0.25) is 11.9 Å². The highest BCUT2D eigenvalue weighted by molar-refractivity contribution is 5.90. The van der Waals surface area contributed by atoms with Gasteiger partial charge in [0, 0.05) is 31.4 Å². The molecular weight excluding hydrogens is 430 g/mol. The summed E-state index contributed by atoms with van der Waals surface area (Å²) in [6.07, 6.45) is 3.43. The second-order valence-corrected chi connectivity index (χ2v) is 8.83. The second-order valence-electron chi connectivity index (χ2n) is 8.83. The summed E-state index contributed by atoms with van der Waals surface area (Å²) in [6.45, 7) is 0.377. The normalized spacial score (nSPS) is 17.8. The number of amides is 1. The molecule has 8 nitrogen and oxygen atoms in total. The molecule has 1 heterocycles. The molecule has 1 aliphatic carbocycles. The Balaban J connectivity index is 1.35. The number of methoxy groups -OCH3 is 2. The molecule has 0 aliphatic heterocycles. The fourth-order valence-electron chi connectivity index (χ4n) is 4.57. The molecule has 0 bridgehead atoms. The summed E-state index contributed by atoms with van der Waals surface area (Å²) in [4.78, 5) is 24.3. The molecule has 0 atom stereocenters. The van der Waals surface area contributed by atoms with Crippen molar-refractivity contribution in [2.45, 2.75) is 38.3 Å². The van der Waals surface area contributed by atoms with Crippen LogP contribution in [0.3, 0.4) is 0 Å². The molecule has 1 aromatic heterocycles. The molecule has 2 aromatic carbocycles. The zero-order valence-electron chi connectivity index (χ0n) is 20.3. The Morgan fingerprint density at radius 2 is 1.65 bits per heavy atom. The average molecular weight is 464 g/mol. The summed E-state index contributed by atoms with van der Waals surface area (Å²) in [5.74, 6) is 3.02. The first kappa shape index (κ1) is 23.6. The molecule has 180 valence electrons. The third-order valence-electron chi connectivity index (χ3n) is 6.41. The first-order chi connectivity index (χ1) is 16.5. The van der Waals surface area contributed by atoms with E-state index in [1.807, 2.05) is 61.5 Å². The maximum atomic E-state index is 12.9. The number of ether oxygens (including phenoxy) is 2. The van der Waals surface area contributed by atoms with Crippen LogP contribution >= 0.6 is 0 Å². The number of benzene rings is 2. The largest absolute Gasteiger partial charge is 0.496 e. The lowest BCUT2D eigenvalue weighted by Crippen LogP contribution is -2.36. The van der Waals surface area contributed by atoms with Crippen LogP contribution < -0.4 is 25.0 Å². The quantitative estimate of drug-likeness (QED) is 0.522. The number of rotatable bonds is 8. The summed E-state index contributed by atoms with van der Waals surface area (Å²) in [6, 6.07) is 13.9. The molecule has 0 saturated heterocycles. The number of hydrogen-bond donors (Lipinski definition) is 2. The van der Waals surface area contributed by atoms with E-state index in [4.69, 9.17) is 19.4 Å². The highest BCUT2D eigenvalue weighted by Crippen LogP contribution is 2.30. The van der Waals surface area contributed by atoms with Crippen LogP contribution in [-0.4, -0.2) is 50.2 Å². The Labute approximate surface area is 200 Å². The molecule has 1 aliphatic rings. The van der Waals surface area contributed by atoms with E-state index in [1.165, 1.54) is 0 Å². The van der Waals surface area contributed by atoms with Gasteiger partial charge in [-0.3, -0.25) is 4.79 Å². The zero-order valence-corrected chi connectivity index (χ0v) is 20.3. The number of hydrogen-bond acceptors (Lipinski definition) is 7. The Kier molecular flexibility index (Phi) is 7.35. The first-order valence-electron chi connectivity index (χ1n) is 11.7. The Morgan fingerprint density at radius 1 is 0.971 bits per heavy atom. The van der Waals surface area contributed by atoms with Crippen LogP contribution in [0.1, 0.15) is 31.2 Å². The zero-order chi connectivity index (χ0) is 24.1. The molecule has 2 N–H and O–H groups in total. The van der Waals surface area contributed by atoms with Crippen LogP contribution in [0.25, 0.3) is 10.9 Å². The van der Waals surface area contributed by atoms with Gasteiger partial charge in [-0.25, -0.2) is 4.98 Å². The predicted molar refractivity (Wildman–Crippen MR) is 135 cm³/mol. The minimum absolute atomic E-state index is 0.00592. The molecule has 1 saturated carbocycles. The van der Waals surface area contributed by atoms with Gasteiger partial charge in [0.15, 0.2) is 0 Å². The Bertz CT molecular complexity index is 1120. The number of para-hydroxylation sites is 1. The molecule has 3 aromatic rings. The smallest absolute Gasteiger partial charge is 0.225 e. The maximum absolute atomic E-state index is 12.9. The van der Waals surface area contributed by atoms with Crippen molar-refractivity contribution in [2.24, 2.45) is 5.92 Å². The number of carbonyl (C=O) groups excluding carboxylic acids is 1. The van der Waals surface area contributed by atoms with E-state index >= 15 is 0 Å². The van der Waals surface area contributed by atoms with Crippen molar-refractivity contribution >= 4 is 28.6 Å². The molecule has 0 spiro atoms. The second kappa shape index (κ2) is 10.6. The van der Waals surface area contributed by atoms with Gasteiger partial charge >= 0.3 is 0 Å². The minimum atomic E-state index is -0.00592. The van der Waals surface area contributed by atoms with E-state index < -0.39 is 0 Å². The van der Waals surface area contributed by atoms with Crippen LogP contribution in [0.4, 0.5) is 11.8 Å². The van der Waals surface area contributed by atoms with E-state index in [9.17, 15) is 4.79 Å². The van der Waals surface area contributed by atoms with Crippen molar-refractivity contribution in [3.05, 3.63) is 48.0 Å². The van der Waals surface area contributed by atoms with Crippen molar-refractivity contribution in [2.75, 3.05) is 38.5 Å². The Morgan fingerprint density at radius 3 is 2.29 bits per heavy atom. The van der Waals surface area contributed by atoms with Crippen molar-refractivity contribution in [1.82, 2.24) is 15.3 Å². The van der Waals surface area contributed by atoms with Gasteiger partial charge < -0.3 is 25.0 Å². The SMILES string of the molecule is COc1cccc(OC)c1CNC(=O)[C@H]1CC[C@@H](Nc2nc(N(C)C)c3ccccc3n2)CC1. The topological polar surface area (TPSA) is 88.6 Å². The summed E-state index contributed by atoms with van der Waals surface area (Å²) >= 11 is 0. The summed E-state index contributed by atoms with van der Waals surface area (Å²) in [7, 11) is 7.22. The van der Waals surface area contributed by atoms with Gasteiger partial charge in [-0.2, -0.15) is 4.98 Å². The third-order valence-corrected chi connectivity index (χ3v) is 6.41. The fourth-order valence-corrected chi connectivity index (χ4v) is 4.57. The first-order valence-corrected chi connectivity index (χ1v) is 11.7. The van der Waals surface area contributed by atoms with E-state index in [0.717, 1.165) is 48.0 Å². The fraction of sp³-hybridized carbons (Fsp3) is 0.423. The summed E-state index contributed by atoms with van der Waals surface area (Å²) < 4.78 is 10.9. The average Bonchev–Trinajstić information content (AvgIpc) is 2.86. The van der Waals surface area contributed by atoms with Crippen molar-refractivity contribution in [3.8, 4) is 11.5 Å². The van der Waals surface area contributed by atoms with Gasteiger partial charge in [-0.15, -0.1) is 0 Å². The van der Waals surface area contributed by atoms with Crippen molar-refractivity contribution in [1.29, 1.82) is 0 Å².